The highest BCUT2D eigenvalue weighted by atomic mass is 32.1. The van der Waals surface area contributed by atoms with Gasteiger partial charge in [-0.1, -0.05) is 0 Å². The first-order chi connectivity index (χ1) is 8.79. The first-order valence-corrected chi connectivity index (χ1v) is 6.53. The molecule has 0 atom stereocenters. The molecule has 0 aromatic carbocycles. The molecule has 0 spiro atoms. The minimum absolute atomic E-state index is 0.0830. The zero-order valence-corrected chi connectivity index (χ0v) is 10.6. The van der Waals surface area contributed by atoms with Crippen LogP contribution in [0.3, 0.4) is 0 Å². The van der Waals surface area contributed by atoms with Crippen molar-refractivity contribution in [1.29, 1.82) is 0 Å². The minimum atomic E-state index is -0.0836. The third kappa shape index (κ3) is 3.41. The second kappa shape index (κ2) is 6.32. The third-order valence-electron chi connectivity index (χ3n) is 2.28. The summed E-state index contributed by atoms with van der Waals surface area (Å²) in [5, 5.41) is 14.0. The zero-order chi connectivity index (χ0) is 12.8. The molecule has 2 heterocycles. The molecule has 2 aromatic heterocycles. The van der Waals surface area contributed by atoms with E-state index in [1.807, 2.05) is 11.4 Å². The number of rotatable bonds is 6. The highest BCUT2D eigenvalue weighted by Crippen LogP contribution is 2.23. The van der Waals surface area contributed by atoms with Crippen LogP contribution in [0.1, 0.15) is 12.1 Å². The van der Waals surface area contributed by atoms with Gasteiger partial charge in [0.1, 0.15) is 0 Å². The van der Waals surface area contributed by atoms with Gasteiger partial charge in [-0.15, -0.1) is 11.3 Å². The Morgan fingerprint density at radius 3 is 3.17 bits per heavy atom. The van der Waals surface area contributed by atoms with Crippen LogP contribution in [0.2, 0.25) is 0 Å². The number of hydrogen-bond acceptors (Lipinski definition) is 5. The molecule has 0 saturated heterocycles. The van der Waals surface area contributed by atoms with Crippen molar-refractivity contribution < 1.29 is 14.3 Å². The highest BCUT2D eigenvalue weighted by Gasteiger charge is 2.09. The zero-order valence-electron chi connectivity index (χ0n) is 9.76. The van der Waals surface area contributed by atoms with E-state index < -0.39 is 0 Å². The quantitative estimate of drug-likeness (QED) is 0.776. The highest BCUT2D eigenvalue weighted by molar-refractivity contribution is 7.13. The summed E-state index contributed by atoms with van der Waals surface area (Å²) in [7, 11) is 0. The first-order valence-electron chi connectivity index (χ1n) is 5.65. The molecule has 2 N–H and O–H groups in total. The van der Waals surface area contributed by atoms with Crippen LogP contribution in [0.15, 0.2) is 28.2 Å². The fraction of sp³-hybridized carbons (Fsp3) is 0.333. The molecule has 0 aliphatic rings. The molecule has 0 unspecified atom stereocenters. The van der Waals surface area contributed by atoms with E-state index in [9.17, 15) is 4.79 Å². The van der Waals surface area contributed by atoms with Gasteiger partial charge >= 0.3 is 0 Å². The largest absolute Gasteiger partial charge is 0.462 e. The second-order valence-corrected chi connectivity index (χ2v) is 4.58. The first kappa shape index (κ1) is 12.8. The van der Waals surface area contributed by atoms with E-state index in [1.54, 1.807) is 12.3 Å². The normalized spacial score (nSPS) is 10.5. The number of nitrogens with zero attached hydrogens (tertiary/aromatic N) is 1. The molecule has 2 aromatic rings. The van der Waals surface area contributed by atoms with E-state index in [0.29, 0.717) is 18.7 Å². The SMILES string of the molecule is O=C(Cc1csc(-c2ccco2)n1)NCCCO. The maximum absolute atomic E-state index is 11.5. The van der Waals surface area contributed by atoms with Gasteiger partial charge in [-0.05, 0) is 18.6 Å². The number of furan rings is 1. The van der Waals surface area contributed by atoms with E-state index in [0.717, 1.165) is 10.7 Å². The summed E-state index contributed by atoms with van der Waals surface area (Å²) in [6, 6.07) is 3.64. The summed E-state index contributed by atoms with van der Waals surface area (Å²) in [4.78, 5) is 15.9. The van der Waals surface area contributed by atoms with Gasteiger partial charge in [0.25, 0.3) is 0 Å². The van der Waals surface area contributed by atoms with Crippen molar-refractivity contribution in [3.8, 4) is 10.8 Å². The molecule has 0 radical (unpaired) electrons. The smallest absolute Gasteiger partial charge is 0.226 e. The van der Waals surface area contributed by atoms with Gasteiger partial charge in [-0.3, -0.25) is 4.79 Å². The maximum atomic E-state index is 11.5. The number of aliphatic hydroxyl groups excluding tert-OH is 1. The Morgan fingerprint density at radius 2 is 2.44 bits per heavy atom. The molecule has 0 aliphatic heterocycles. The van der Waals surface area contributed by atoms with Crippen LogP contribution in [-0.2, 0) is 11.2 Å². The summed E-state index contributed by atoms with van der Waals surface area (Å²) >= 11 is 1.45. The topological polar surface area (TPSA) is 75.4 Å². The molecule has 6 heteroatoms. The van der Waals surface area contributed by atoms with Crippen LogP contribution in [0.25, 0.3) is 10.8 Å². The lowest BCUT2D eigenvalue weighted by Crippen LogP contribution is -2.26. The fourth-order valence-corrected chi connectivity index (χ4v) is 2.22. The van der Waals surface area contributed by atoms with Crippen LogP contribution >= 0.6 is 11.3 Å². The van der Waals surface area contributed by atoms with Crippen LogP contribution < -0.4 is 5.32 Å². The lowest BCUT2D eigenvalue weighted by atomic mass is 10.3. The molecule has 0 fully saturated rings. The lowest BCUT2D eigenvalue weighted by molar-refractivity contribution is -0.120. The third-order valence-corrected chi connectivity index (χ3v) is 3.19. The van der Waals surface area contributed by atoms with Crippen molar-refractivity contribution in [2.75, 3.05) is 13.2 Å². The molecular weight excluding hydrogens is 252 g/mol. The Balaban J connectivity index is 1.89. The van der Waals surface area contributed by atoms with Crippen LogP contribution in [0.5, 0.6) is 0 Å². The van der Waals surface area contributed by atoms with E-state index >= 15 is 0 Å². The molecular formula is C12H14N2O3S. The Bertz CT molecular complexity index is 493. The average Bonchev–Trinajstić information content (AvgIpc) is 2.98. The number of hydrogen-bond donors (Lipinski definition) is 2. The molecule has 18 heavy (non-hydrogen) atoms. The number of amides is 1. The predicted molar refractivity (Wildman–Crippen MR) is 68.2 cm³/mol. The van der Waals surface area contributed by atoms with Crippen molar-refractivity contribution in [2.45, 2.75) is 12.8 Å². The number of aliphatic hydroxyl groups is 1. The standard InChI is InChI=1S/C12H14N2O3S/c15-5-2-4-13-11(16)7-9-8-18-12(14-9)10-3-1-6-17-10/h1,3,6,8,15H,2,4-5,7H2,(H,13,16). The summed E-state index contributed by atoms with van der Waals surface area (Å²) in [6.45, 7) is 0.574. The molecule has 0 saturated carbocycles. The lowest BCUT2D eigenvalue weighted by Gasteiger charge is -2.01. The molecule has 96 valence electrons. The van der Waals surface area contributed by atoms with Gasteiger partial charge in [0.15, 0.2) is 10.8 Å². The van der Waals surface area contributed by atoms with Crippen molar-refractivity contribution >= 4 is 17.2 Å². The van der Waals surface area contributed by atoms with Crippen molar-refractivity contribution in [3.05, 3.63) is 29.5 Å². The van der Waals surface area contributed by atoms with E-state index in [4.69, 9.17) is 9.52 Å². The molecule has 2 rings (SSSR count). The summed E-state index contributed by atoms with van der Waals surface area (Å²) in [6.07, 6.45) is 2.42. The Labute approximate surface area is 108 Å². The number of aromatic nitrogens is 1. The predicted octanol–water partition coefficient (Wildman–Crippen LogP) is 1.44. The minimum Gasteiger partial charge on any atom is -0.462 e. The van der Waals surface area contributed by atoms with Crippen LogP contribution in [-0.4, -0.2) is 29.1 Å². The van der Waals surface area contributed by atoms with Gasteiger partial charge in [-0.2, -0.15) is 0 Å². The van der Waals surface area contributed by atoms with Gasteiger partial charge in [0.2, 0.25) is 5.91 Å². The summed E-state index contributed by atoms with van der Waals surface area (Å²) < 4.78 is 5.24. The Morgan fingerprint density at radius 1 is 1.56 bits per heavy atom. The fourth-order valence-electron chi connectivity index (χ4n) is 1.44. The van der Waals surface area contributed by atoms with Crippen molar-refractivity contribution in [1.82, 2.24) is 10.3 Å². The van der Waals surface area contributed by atoms with Gasteiger partial charge < -0.3 is 14.8 Å². The average molecular weight is 266 g/mol. The Kier molecular flexibility index (Phi) is 4.49. The summed E-state index contributed by atoms with van der Waals surface area (Å²) in [5.74, 6) is 0.631. The summed E-state index contributed by atoms with van der Waals surface area (Å²) in [5.41, 5.74) is 0.730. The van der Waals surface area contributed by atoms with E-state index in [-0.39, 0.29) is 18.9 Å². The van der Waals surface area contributed by atoms with Crippen LogP contribution in [0, 0.1) is 0 Å². The molecule has 1 amide bonds. The molecule has 0 aliphatic carbocycles. The van der Waals surface area contributed by atoms with E-state index in [1.165, 1.54) is 11.3 Å². The second-order valence-electron chi connectivity index (χ2n) is 3.73. The monoisotopic (exact) mass is 266 g/mol. The molecule has 5 nitrogen and oxygen atoms in total. The van der Waals surface area contributed by atoms with E-state index in [2.05, 4.69) is 10.3 Å². The van der Waals surface area contributed by atoms with Crippen molar-refractivity contribution in [3.63, 3.8) is 0 Å². The number of thiazole rings is 1. The number of carbonyl (C=O) groups is 1. The Hall–Kier alpha value is -1.66. The van der Waals surface area contributed by atoms with Crippen molar-refractivity contribution in [2.24, 2.45) is 0 Å². The van der Waals surface area contributed by atoms with Crippen LogP contribution in [0.4, 0.5) is 0 Å². The van der Waals surface area contributed by atoms with Gasteiger partial charge in [0, 0.05) is 18.5 Å². The maximum Gasteiger partial charge on any atom is 0.226 e. The molecule has 0 bridgehead atoms. The number of nitrogens with one attached hydrogen (secondary N) is 1. The number of carbonyl (C=O) groups excluding carboxylic acids is 1. The van der Waals surface area contributed by atoms with Gasteiger partial charge in [0.05, 0.1) is 18.4 Å². The van der Waals surface area contributed by atoms with Gasteiger partial charge in [-0.25, -0.2) is 4.98 Å².